The van der Waals surface area contributed by atoms with Gasteiger partial charge in [-0.2, -0.15) is 0 Å². The van der Waals surface area contributed by atoms with Crippen molar-refractivity contribution < 1.29 is 9.59 Å². The van der Waals surface area contributed by atoms with E-state index in [0.29, 0.717) is 18.5 Å². The van der Waals surface area contributed by atoms with E-state index in [4.69, 9.17) is 5.73 Å². The van der Waals surface area contributed by atoms with Gasteiger partial charge < -0.3 is 10.6 Å². The van der Waals surface area contributed by atoms with E-state index in [1.165, 1.54) is 0 Å². The highest BCUT2D eigenvalue weighted by atomic mass is 35.5. The molecule has 0 atom stereocenters. The fraction of sp³-hybridized carbons (Fsp3) is 0.222. The maximum atomic E-state index is 12.3. The Morgan fingerprint density at radius 1 is 1.00 bits per heavy atom. The number of halogens is 1. The Balaban J connectivity index is 0.00000192. The Hall–Kier alpha value is -2.33. The lowest BCUT2D eigenvalue weighted by Crippen LogP contribution is -2.35. The fourth-order valence-electron chi connectivity index (χ4n) is 2.94. The molecule has 4 nitrogen and oxygen atoms in total. The van der Waals surface area contributed by atoms with Gasteiger partial charge in [-0.25, -0.2) is 0 Å². The van der Waals surface area contributed by atoms with Gasteiger partial charge in [-0.05, 0) is 30.5 Å². The standard InChI is InChI=1S/C18H18N2O2.ClH/c19-18(22)14-9-6-10-15(20-12-5-4-11-16(20)21)17(14)13-7-2-1-3-8-13;/h1-3,6-10H,4-5,11-12H2,(H2,19,22);1H. The van der Waals surface area contributed by atoms with Crippen LogP contribution >= 0.6 is 12.4 Å². The van der Waals surface area contributed by atoms with Gasteiger partial charge in [0.1, 0.15) is 0 Å². The Morgan fingerprint density at radius 2 is 1.74 bits per heavy atom. The zero-order valence-corrected chi connectivity index (χ0v) is 13.5. The predicted octanol–water partition coefficient (Wildman–Crippen LogP) is 3.39. The van der Waals surface area contributed by atoms with E-state index in [1.54, 1.807) is 17.0 Å². The molecule has 0 aromatic heterocycles. The summed E-state index contributed by atoms with van der Waals surface area (Å²) in [5.74, 6) is -0.379. The van der Waals surface area contributed by atoms with Crippen LogP contribution in [0.5, 0.6) is 0 Å². The molecule has 1 fully saturated rings. The van der Waals surface area contributed by atoms with E-state index in [-0.39, 0.29) is 18.3 Å². The number of piperidine rings is 1. The Bertz CT molecular complexity index is 716. The number of primary amides is 1. The molecule has 2 aromatic carbocycles. The predicted molar refractivity (Wildman–Crippen MR) is 93.8 cm³/mol. The first kappa shape index (κ1) is 17.0. The first-order valence-corrected chi connectivity index (χ1v) is 7.47. The minimum atomic E-state index is -0.481. The van der Waals surface area contributed by atoms with Crippen LogP contribution in [0.3, 0.4) is 0 Å². The maximum absolute atomic E-state index is 12.3. The third-order valence-corrected chi connectivity index (χ3v) is 3.98. The molecule has 0 unspecified atom stereocenters. The molecule has 1 aliphatic rings. The van der Waals surface area contributed by atoms with Crippen LogP contribution in [0.4, 0.5) is 5.69 Å². The summed E-state index contributed by atoms with van der Waals surface area (Å²) >= 11 is 0. The van der Waals surface area contributed by atoms with E-state index in [9.17, 15) is 9.59 Å². The molecule has 120 valence electrons. The number of carbonyl (C=O) groups is 2. The van der Waals surface area contributed by atoms with Crippen molar-refractivity contribution >= 4 is 29.9 Å². The largest absolute Gasteiger partial charge is 0.366 e. The van der Waals surface area contributed by atoms with E-state index in [2.05, 4.69) is 0 Å². The van der Waals surface area contributed by atoms with Crippen LogP contribution in [-0.2, 0) is 4.79 Å². The van der Waals surface area contributed by atoms with E-state index >= 15 is 0 Å². The normalized spacial score (nSPS) is 14.3. The van der Waals surface area contributed by atoms with Gasteiger partial charge in [0.2, 0.25) is 11.8 Å². The van der Waals surface area contributed by atoms with Crippen LogP contribution < -0.4 is 10.6 Å². The van der Waals surface area contributed by atoms with Gasteiger partial charge in [0.05, 0.1) is 5.69 Å². The summed E-state index contributed by atoms with van der Waals surface area (Å²) in [7, 11) is 0. The molecule has 23 heavy (non-hydrogen) atoms. The van der Waals surface area contributed by atoms with Crippen molar-refractivity contribution in [3.8, 4) is 11.1 Å². The third kappa shape index (κ3) is 3.37. The summed E-state index contributed by atoms with van der Waals surface area (Å²) in [6.07, 6.45) is 2.45. The lowest BCUT2D eigenvalue weighted by atomic mass is 9.95. The molecule has 2 aromatic rings. The molecular weight excluding hydrogens is 312 g/mol. The Labute approximate surface area is 141 Å². The average molecular weight is 331 g/mol. The number of carbonyl (C=O) groups excluding carboxylic acids is 2. The van der Waals surface area contributed by atoms with Crippen molar-refractivity contribution in [2.45, 2.75) is 19.3 Å². The zero-order valence-electron chi connectivity index (χ0n) is 12.7. The summed E-state index contributed by atoms with van der Waals surface area (Å²) < 4.78 is 0. The Morgan fingerprint density at radius 3 is 2.39 bits per heavy atom. The SMILES string of the molecule is Cl.NC(=O)c1cccc(N2CCCCC2=O)c1-c1ccccc1. The van der Waals surface area contributed by atoms with E-state index in [0.717, 1.165) is 29.7 Å². The number of rotatable bonds is 3. The number of benzene rings is 2. The summed E-state index contributed by atoms with van der Waals surface area (Å²) in [6.45, 7) is 0.681. The first-order valence-electron chi connectivity index (χ1n) is 7.47. The number of nitrogens with two attached hydrogens (primary N) is 1. The minimum absolute atomic E-state index is 0. The van der Waals surface area contributed by atoms with Gasteiger partial charge in [0, 0.05) is 24.1 Å². The van der Waals surface area contributed by atoms with Crippen LogP contribution in [0.25, 0.3) is 11.1 Å². The molecule has 1 aliphatic heterocycles. The molecule has 1 saturated heterocycles. The smallest absolute Gasteiger partial charge is 0.249 e. The molecule has 3 rings (SSSR count). The highest BCUT2D eigenvalue weighted by Gasteiger charge is 2.24. The molecule has 0 spiro atoms. The number of amides is 2. The number of nitrogens with zero attached hydrogens (tertiary/aromatic N) is 1. The second kappa shape index (κ2) is 7.29. The number of hydrogen-bond donors (Lipinski definition) is 1. The van der Waals surface area contributed by atoms with Gasteiger partial charge in [-0.1, -0.05) is 36.4 Å². The van der Waals surface area contributed by atoms with Gasteiger partial charge in [0.25, 0.3) is 0 Å². The van der Waals surface area contributed by atoms with Crippen molar-refractivity contribution in [1.29, 1.82) is 0 Å². The topological polar surface area (TPSA) is 63.4 Å². The van der Waals surface area contributed by atoms with Crippen LogP contribution in [0.1, 0.15) is 29.6 Å². The fourth-order valence-corrected chi connectivity index (χ4v) is 2.94. The highest BCUT2D eigenvalue weighted by Crippen LogP contribution is 2.35. The van der Waals surface area contributed by atoms with Crippen LogP contribution in [0.2, 0.25) is 0 Å². The molecular formula is C18H19ClN2O2. The maximum Gasteiger partial charge on any atom is 0.249 e. The lowest BCUT2D eigenvalue weighted by Gasteiger charge is -2.29. The van der Waals surface area contributed by atoms with Crippen molar-refractivity contribution in [3.63, 3.8) is 0 Å². The highest BCUT2D eigenvalue weighted by molar-refractivity contribution is 6.06. The molecule has 2 N–H and O–H groups in total. The second-order valence-corrected chi connectivity index (χ2v) is 5.43. The van der Waals surface area contributed by atoms with Crippen LogP contribution in [0, 0.1) is 0 Å². The second-order valence-electron chi connectivity index (χ2n) is 5.43. The van der Waals surface area contributed by atoms with E-state index in [1.807, 2.05) is 36.4 Å². The summed E-state index contributed by atoms with van der Waals surface area (Å²) in [5.41, 5.74) is 8.39. The lowest BCUT2D eigenvalue weighted by molar-refractivity contribution is -0.119. The number of anilines is 1. The Kier molecular flexibility index (Phi) is 5.40. The van der Waals surface area contributed by atoms with Crippen molar-refractivity contribution in [2.24, 2.45) is 5.73 Å². The molecule has 0 saturated carbocycles. The molecule has 0 radical (unpaired) electrons. The molecule has 5 heteroatoms. The van der Waals surface area contributed by atoms with Gasteiger partial charge in [-0.15, -0.1) is 12.4 Å². The summed E-state index contributed by atoms with van der Waals surface area (Å²) in [5, 5.41) is 0. The average Bonchev–Trinajstić information content (AvgIpc) is 2.55. The first-order chi connectivity index (χ1) is 10.7. The zero-order chi connectivity index (χ0) is 15.5. The quantitative estimate of drug-likeness (QED) is 0.937. The molecule has 2 amide bonds. The number of hydrogen-bond acceptors (Lipinski definition) is 2. The van der Waals surface area contributed by atoms with Crippen LogP contribution in [0.15, 0.2) is 48.5 Å². The van der Waals surface area contributed by atoms with E-state index < -0.39 is 5.91 Å². The summed E-state index contributed by atoms with van der Waals surface area (Å²) in [6, 6.07) is 15.0. The monoisotopic (exact) mass is 330 g/mol. The van der Waals surface area contributed by atoms with Gasteiger partial charge in [-0.3, -0.25) is 9.59 Å². The van der Waals surface area contributed by atoms with Crippen LogP contribution in [-0.4, -0.2) is 18.4 Å². The van der Waals surface area contributed by atoms with Crippen molar-refractivity contribution in [2.75, 3.05) is 11.4 Å². The van der Waals surface area contributed by atoms with Crippen molar-refractivity contribution in [1.82, 2.24) is 0 Å². The summed E-state index contributed by atoms with van der Waals surface area (Å²) in [4.78, 5) is 25.9. The van der Waals surface area contributed by atoms with Crippen molar-refractivity contribution in [3.05, 3.63) is 54.1 Å². The molecule has 1 heterocycles. The minimum Gasteiger partial charge on any atom is -0.366 e. The third-order valence-electron chi connectivity index (χ3n) is 3.98. The van der Waals surface area contributed by atoms with Gasteiger partial charge in [0.15, 0.2) is 0 Å². The molecule has 0 bridgehead atoms. The van der Waals surface area contributed by atoms with Gasteiger partial charge >= 0.3 is 0 Å². The molecule has 0 aliphatic carbocycles.